The number of benzene rings is 1. The molecule has 0 bridgehead atoms. The quantitative estimate of drug-likeness (QED) is 0.337. The molecule has 0 aliphatic heterocycles. The van der Waals surface area contributed by atoms with Crippen LogP contribution in [0.15, 0.2) is 27.1 Å². The summed E-state index contributed by atoms with van der Waals surface area (Å²) in [7, 11) is 0. The molecule has 1 unspecified atom stereocenters. The second kappa shape index (κ2) is 6.74. The summed E-state index contributed by atoms with van der Waals surface area (Å²) in [6, 6.07) is 6.61. The third-order valence-corrected chi connectivity index (χ3v) is 7.51. The Kier molecular flexibility index (Phi) is 5.15. The van der Waals surface area contributed by atoms with Crippen molar-refractivity contribution in [3.8, 4) is 0 Å². The number of alkyl halides is 1. The summed E-state index contributed by atoms with van der Waals surface area (Å²) in [5.41, 5.74) is 3.89. The second-order valence-electron chi connectivity index (χ2n) is 5.64. The highest BCUT2D eigenvalue weighted by molar-refractivity contribution is 9.11. The Hall–Kier alpha value is 0.170. The monoisotopic (exact) mass is 446 g/mol. The van der Waals surface area contributed by atoms with Gasteiger partial charge in [-0.25, -0.2) is 0 Å². The number of hydrogen-bond donors (Lipinski definition) is 0. The van der Waals surface area contributed by atoms with Gasteiger partial charge in [-0.2, -0.15) is 0 Å². The highest BCUT2D eigenvalue weighted by atomic mass is 79.9. The summed E-state index contributed by atoms with van der Waals surface area (Å²) in [4.78, 5) is 2.83. The molecule has 21 heavy (non-hydrogen) atoms. The SMILES string of the molecule is Cc1cc(Br)c(C(Cl)c2cc3c(s2)CCCCC3)cc1Br. The van der Waals surface area contributed by atoms with E-state index in [0.717, 1.165) is 14.5 Å². The average molecular weight is 449 g/mol. The lowest BCUT2D eigenvalue weighted by Crippen LogP contribution is -1.94. The van der Waals surface area contributed by atoms with Crippen LogP contribution in [0.1, 0.15) is 51.1 Å². The van der Waals surface area contributed by atoms with Crippen molar-refractivity contribution in [1.82, 2.24) is 0 Å². The molecule has 1 aromatic heterocycles. The van der Waals surface area contributed by atoms with Gasteiger partial charge in [0.1, 0.15) is 0 Å². The first kappa shape index (κ1) is 16.0. The standard InChI is InChI=1S/C17H17Br2ClS/c1-10-7-14(19)12(9-13(10)18)17(20)16-8-11-5-3-2-4-6-15(11)21-16/h7-9,17H,2-6H2,1H3. The number of rotatable bonds is 2. The molecule has 1 aliphatic rings. The molecule has 1 aliphatic carbocycles. The molecule has 0 amide bonds. The van der Waals surface area contributed by atoms with Gasteiger partial charge in [-0.05, 0) is 67.5 Å². The zero-order valence-corrected chi connectivity index (χ0v) is 16.6. The highest BCUT2D eigenvalue weighted by Crippen LogP contribution is 2.41. The first-order valence-corrected chi connectivity index (χ1v) is 10.1. The van der Waals surface area contributed by atoms with E-state index in [2.05, 4.69) is 57.0 Å². The van der Waals surface area contributed by atoms with E-state index < -0.39 is 0 Å². The lowest BCUT2D eigenvalue weighted by atomic mass is 10.1. The van der Waals surface area contributed by atoms with Crippen LogP contribution < -0.4 is 0 Å². The summed E-state index contributed by atoms with van der Waals surface area (Å²) in [6.45, 7) is 2.09. The summed E-state index contributed by atoms with van der Waals surface area (Å²) >= 11 is 16.0. The molecule has 3 rings (SSSR count). The normalized spacial score (nSPS) is 16.4. The van der Waals surface area contributed by atoms with Crippen molar-refractivity contribution in [1.29, 1.82) is 0 Å². The number of halogens is 3. The highest BCUT2D eigenvalue weighted by Gasteiger charge is 2.20. The molecule has 0 saturated heterocycles. The van der Waals surface area contributed by atoms with E-state index in [1.165, 1.54) is 48.1 Å². The van der Waals surface area contributed by atoms with Crippen molar-refractivity contribution in [3.63, 3.8) is 0 Å². The summed E-state index contributed by atoms with van der Waals surface area (Å²) in [6.07, 6.45) is 6.43. The van der Waals surface area contributed by atoms with E-state index >= 15 is 0 Å². The van der Waals surface area contributed by atoms with Crippen LogP contribution in [0.3, 0.4) is 0 Å². The maximum atomic E-state index is 6.78. The van der Waals surface area contributed by atoms with Gasteiger partial charge in [-0.15, -0.1) is 22.9 Å². The fourth-order valence-corrected chi connectivity index (χ4v) is 5.64. The van der Waals surface area contributed by atoms with E-state index in [9.17, 15) is 0 Å². The summed E-state index contributed by atoms with van der Waals surface area (Å²) < 4.78 is 2.20. The van der Waals surface area contributed by atoms with Gasteiger partial charge in [0, 0.05) is 18.7 Å². The van der Waals surface area contributed by atoms with Gasteiger partial charge in [-0.1, -0.05) is 38.3 Å². The molecule has 112 valence electrons. The molecule has 0 N–H and O–H groups in total. The maximum absolute atomic E-state index is 6.78. The van der Waals surface area contributed by atoms with Gasteiger partial charge < -0.3 is 0 Å². The first-order valence-electron chi connectivity index (χ1n) is 7.27. The van der Waals surface area contributed by atoms with Crippen molar-refractivity contribution < 1.29 is 0 Å². The topological polar surface area (TPSA) is 0 Å². The minimum Gasteiger partial charge on any atom is -0.143 e. The van der Waals surface area contributed by atoms with Crippen molar-refractivity contribution in [2.75, 3.05) is 0 Å². The molecule has 4 heteroatoms. The Balaban J connectivity index is 1.95. The van der Waals surface area contributed by atoms with Gasteiger partial charge in [-0.3, -0.25) is 0 Å². The lowest BCUT2D eigenvalue weighted by Gasteiger charge is -2.12. The number of fused-ring (bicyclic) bond motifs is 1. The minimum absolute atomic E-state index is 0.0757. The van der Waals surface area contributed by atoms with Gasteiger partial charge >= 0.3 is 0 Å². The predicted molar refractivity (Wildman–Crippen MR) is 99.9 cm³/mol. The van der Waals surface area contributed by atoms with E-state index in [-0.39, 0.29) is 5.38 Å². The fourth-order valence-electron chi connectivity index (χ4n) is 2.82. The minimum atomic E-state index is -0.0757. The Morgan fingerprint density at radius 2 is 1.81 bits per heavy atom. The zero-order chi connectivity index (χ0) is 15.0. The number of hydrogen-bond acceptors (Lipinski definition) is 1. The molecule has 0 radical (unpaired) electrons. The van der Waals surface area contributed by atoms with Crippen LogP contribution in [0.25, 0.3) is 0 Å². The van der Waals surface area contributed by atoms with E-state index in [4.69, 9.17) is 11.6 Å². The number of aryl methyl sites for hydroxylation is 3. The summed E-state index contributed by atoms with van der Waals surface area (Å²) in [5, 5.41) is -0.0757. The molecule has 0 spiro atoms. The predicted octanol–water partition coefficient (Wildman–Crippen LogP) is 7.18. The molecule has 0 saturated carbocycles. The van der Waals surface area contributed by atoms with Crippen LogP contribution in [0, 0.1) is 6.92 Å². The van der Waals surface area contributed by atoms with Gasteiger partial charge in [0.2, 0.25) is 0 Å². The van der Waals surface area contributed by atoms with Gasteiger partial charge in [0.15, 0.2) is 0 Å². The zero-order valence-electron chi connectivity index (χ0n) is 11.9. The van der Waals surface area contributed by atoms with Crippen molar-refractivity contribution >= 4 is 54.8 Å². The molecule has 0 nitrogen and oxygen atoms in total. The van der Waals surface area contributed by atoms with Crippen molar-refractivity contribution in [3.05, 3.63) is 53.6 Å². The van der Waals surface area contributed by atoms with Crippen molar-refractivity contribution in [2.45, 2.75) is 44.4 Å². The molecule has 2 aromatic rings. The third-order valence-electron chi connectivity index (χ3n) is 4.07. The van der Waals surface area contributed by atoms with Crippen LogP contribution in [0.4, 0.5) is 0 Å². The molecule has 1 aromatic carbocycles. The Morgan fingerprint density at radius 3 is 2.62 bits per heavy atom. The third kappa shape index (κ3) is 3.41. The molecular weight excluding hydrogens is 432 g/mol. The molecule has 1 heterocycles. The Morgan fingerprint density at radius 1 is 1.05 bits per heavy atom. The second-order valence-corrected chi connectivity index (χ2v) is 8.96. The molecular formula is C17H17Br2ClS. The lowest BCUT2D eigenvalue weighted by molar-refractivity contribution is 0.712. The Bertz CT molecular complexity index is 640. The average Bonchev–Trinajstić information content (AvgIpc) is 2.73. The fraction of sp³-hybridized carbons (Fsp3) is 0.412. The van der Waals surface area contributed by atoms with E-state index in [1.807, 2.05) is 11.3 Å². The van der Waals surface area contributed by atoms with Crippen LogP contribution in [-0.2, 0) is 12.8 Å². The van der Waals surface area contributed by atoms with Crippen LogP contribution in [-0.4, -0.2) is 0 Å². The smallest absolute Gasteiger partial charge is 0.0939 e. The Labute approximate surface area is 152 Å². The number of thiophene rings is 1. The van der Waals surface area contributed by atoms with Gasteiger partial charge in [0.05, 0.1) is 5.38 Å². The van der Waals surface area contributed by atoms with Crippen molar-refractivity contribution in [2.24, 2.45) is 0 Å². The largest absolute Gasteiger partial charge is 0.143 e. The van der Waals surface area contributed by atoms with E-state index in [1.54, 1.807) is 4.88 Å². The first-order chi connectivity index (χ1) is 10.1. The molecule has 1 atom stereocenters. The van der Waals surface area contributed by atoms with E-state index in [0.29, 0.717) is 0 Å². The maximum Gasteiger partial charge on any atom is 0.0939 e. The van der Waals surface area contributed by atoms with Crippen LogP contribution >= 0.6 is 54.8 Å². The van der Waals surface area contributed by atoms with Gasteiger partial charge in [0.25, 0.3) is 0 Å². The van der Waals surface area contributed by atoms with Crippen LogP contribution in [0.2, 0.25) is 0 Å². The molecule has 0 fully saturated rings. The summed E-state index contributed by atoms with van der Waals surface area (Å²) in [5.74, 6) is 0. The van der Waals surface area contributed by atoms with Crippen LogP contribution in [0.5, 0.6) is 0 Å².